The van der Waals surface area contributed by atoms with Crippen LogP contribution in [0.5, 0.6) is 0 Å². The van der Waals surface area contributed by atoms with Gasteiger partial charge < -0.3 is 14.6 Å². The van der Waals surface area contributed by atoms with Gasteiger partial charge in [-0.15, -0.1) is 0 Å². The van der Waals surface area contributed by atoms with E-state index >= 15 is 0 Å². The van der Waals surface area contributed by atoms with Gasteiger partial charge in [0, 0.05) is 50.2 Å². The monoisotopic (exact) mass is 357 g/mol. The smallest absolute Gasteiger partial charge is 0.252 e. The molecule has 5 nitrogen and oxygen atoms in total. The first kappa shape index (κ1) is 18.8. The Kier molecular flexibility index (Phi) is 5.56. The second kappa shape index (κ2) is 7.70. The van der Waals surface area contributed by atoms with Crippen LogP contribution in [0.3, 0.4) is 0 Å². The normalized spacial score (nSPS) is 19.7. The van der Waals surface area contributed by atoms with Crippen LogP contribution in [0.25, 0.3) is 5.70 Å². The Balaban J connectivity index is 1.56. The fourth-order valence-electron chi connectivity index (χ4n) is 3.63. The molecular weight excluding hydrogens is 326 g/mol. The van der Waals surface area contributed by atoms with E-state index in [-0.39, 0.29) is 11.4 Å². The molecule has 2 heterocycles. The molecule has 3 rings (SSSR count). The summed E-state index contributed by atoms with van der Waals surface area (Å²) in [4.78, 5) is 14.2. The van der Waals surface area contributed by atoms with Gasteiger partial charge in [-0.05, 0) is 58.3 Å². The third-order valence-corrected chi connectivity index (χ3v) is 5.31. The lowest BCUT2D eigenvalue weighted by Gasteiger charge is -2.41. The van der Waals surface area contributed by atoms with Crippen molar-refractivity contribution >= 4 is 11.6 Å². The molecule has 0 unspecified atom stereocenters. The predicted octanol–water partition coefficient (Wildman–Crippen LogP) is 3.65. The molecule has 0 radical (unpaired) electrons. The SMILES string of the molecule is CNC(=O)c1ccn(C2=CC=C(OC3CCN(C(C)(C)C)CC3)CC2)c1. The molecule has 142 valence electrons. The van der Waals surface area contributed by atoms with Gasteiger partial charge in [0.05, 0.1) is 11.3 Å². The summed E-state index contributed by atoms with van der Waals surface area (Å²) in [5.41, 5.74) is 2.12. The first-order valence-electron chi connectivity index (χ1n) is 9.58. The molecular formula is C21H31N3O2. The summed E-state index contributed by atoms with van der Waals surface area (Å²) in [5.74, 6) is 1.03. The van der Waals surface area contributed by atoms with Gasteiger partial charge in [-0.1, -0.05) is 0 Å². The number of amides is 1. The van der Waals surface area contributed by atoms with Crippen LogP contribution in [0, 0.1) is 0 Å². The number of rotatable bonds is 4. The molecule has 1 amide bonds. The van der Waals surface area contributed by atoms with Crippen molar-refractivity contribution in [3.05, 3.63) is 41.9 Å². The van der Waals surface area contributed by atoms with Gasteiger partial charge in [0.25, 0.3) is 5.91 Å². The number of piperidine rings is 1. The fraction of sp³-hybridized carbons (Fsp3) is 0.571. The lowest BCUT2D eigenvalue weighted by atomic mass is 9.99. The van der Waals surface area contributed by atoms with Crippen LogP contribution >= 0.6 is 0 Å². The highest BCUT2D eigenvalue weighted by Gasteiger charge is 2.28. The van der Waals surface area contributed by atoms with Crippen LogP contribution in [-0.2, 0) is 4.74 Å². The topological polar surface area (TPSA) is 46.5 Å². The molecule has 5 heteroatoms. The number of allylic oxidation sites excluding steroid dienone is 4. The second-order valence-electron chi connectivity index (χ2n) is 8.15. The Bertz CT molecular complexity index is 701. The Morgan fingerprint density at radius 1 is 1.19 bits per heavy atom. The highest BCUT2D eigenvalue weighted by atomic mass is 16.5. The lowest BCUT2D eigenvalue weighted by Crippen LogP contribution is -2.47. The molecule has 0 spiro atoms. The second-order valence-corrected chi connectivity index (χ2v) is 8.15. The van der Waals surface area contributed by atoms with Gasteiger partial charge in [-0.3, -0.25) is 9.69 Å². The zero-order valence-corrected chi connectivity index (χ0v) is 16.4. The Hall–Kier alpha value is -2.01. The summed E-state index contributed by atoms with van der Waals surface area (Å²) in [7, 11) is 1.65. The maximum Gasteiger partial charge on any atom is 0.252 e. The quantitative estimate of drug-likeness (QED) is 0.895. The van der Waals surface area contributed by atoms with Crippen LogP contribution < -0.4 is 5.32 Å². The van der Waals surface area contributed by atoms with Crippen molar-refractivity contribution in [2.45, 2.75) is 58.1 Å². The van der Waals surface area contributed by atoms with E-state index in [4.69, 9.17) is 4.74 Å². The van der Waals surface area contributed by atoms with Crippen molar-refractivity contribution in [1.82, 2.24) is 14.8 Å². The number of hydrogen-bond acceptors (Lipinski definition) is 3. The number of hydrogen-bond donors (Lipinski definition) is 1. The number of likely N-dealkylation sites (tertiary alicyclic amines) is 1. The van der Waals surface area contributed by atoms with Gasteiger partial charge in [0.2, 0.25) is 0 Å². The van der Waals surface area contributed by atoms with Crippen LogP contribution in [0.2, 0.25) is 0 Å². The number of carbonyl (C=O) groups is 1. The highest BCUT2D eigenvalue weighted by Crippen LogP contribution is 2.28. The summed E-state index contributed by atoms with van der Waals surface area (Å²) in [5, 5.41) is 2.66. The third kappa shape index (κ3) is 4.39. The van der Waals surface area contributed by atoms with Crippen molar-refractivity contribution < 1.29 is 9.53 Å². The molecule has 0 atom stereocenters. The maximum absolute atomic E-state index is 11.7. The molecule has 1 aliphatic heterocycles. The lowest BCUT2D eigenvalue weighted by molar-refractivity contribution is 0.0156. The standard InChI is InChI=1S/C21H31N3O2/c1-21(2,3)24-13-10-19(11-14-24)26-18-7-5-17(6-8-18)23-12-9-16(15-23)20(25)22-4/h5,7,9,12,15,19H,6,8,10-11,13-14H2,1-4H3,(H,22,25). The summed E-state index contributed by atoms with van der Waals surface area (Å²) in [6.45, 7) is 9.05. The number of carbonyl (C=O) groups excluding carboxylic acids is 1. The Morgan fingerprint density at radius 3 is 2.50 bits per heavy atom. The molecule has 1 aliphatic carbocycles. The summed E-state index contributed by atoms with van der Waals surface area (Å²) in [6.07, 6.45) is 12.4. The molecule has 0 aromatic carbocycles. The van der Waals surface area contributed by atoms with Crippen molar-refractivity contribution in [3.63, 3.8) is 0 Å². The maximum atomic E-state index is 11.7. The zero-order valence-electron chi connectivity index (χ0n) is 16.4. The molecule has 2 aliphatic rings. The first-order valence-corrected chi connectivity index (χ1v) is 9.58. The predicted molar refractivity (Wildman–Crippen MR) is 105 cm³/mol. The van der Waals surface area contributed by atoms with Gasteiger partial charge in [-0.2, -0.15) is 0 Å². The summed E-state index contributed by atoms with van der Waals surface area (Å²) >= 11 is 0. The van der Waals surface area contributed by atoms with Crippen LogP contribution in [0.15, 0.2) is 36.4 Å². The van der Waals surface area contributed by atoms with E-state index in [1.165, 1.54) is 5.70 Å². The zero-order chi connectivity index (χ0) is 18.7. The average molecular weight is 357 g/mol. The molecule has 1 N–H and O–H groups in total. The van der Waals surface area contributed by atoms with Crippen molar-refractivity contribution in [2.24, 2.45) is 0 Å². The van der Waals surface area contributed by atoms with E-state index in [9.17, 15) is 4.79 Å². The Labute approximate surface area is 156 Å². The number of nitrogens with one attached hydrogen (secondary N) is 1. The molecule has 1 fully saturated rings. The molecule has 0 saturated carbocycles. The van der Waals surface area contributed by atoms with Gasteiger partial charge in [0.1, 0.15) is 6.10 Å². The molecule has 26 heavy (non-hydrogen) atoms. The minimum atomic E-state index is -0.0543. The minimum Gasteiger partial charge on any atom is -0.495 e. The molecule has 1 aromatic rings. The number of ether oxygens (including phenoxy) is 1. The van der Waals surface area contributed by atoms with E-state index in [0.29, 0.717) is 11.7 Å². The number of aromatic nitrogens is 1. The summed E-state index contributed by atoms with van der Waals surface area (Å²) in [6, 6.07) is 1.85. The highest BCUT2D eigenvalue weighted by molar-refractivity contribution is 5.94. The fourth-order valence-corrected chi connectivity index (χ4v) is 3.63. The van der Waals surface area contributed by atoms with Gasteiger partial charge in [0.15, 0.2) is 0 Å². The number of nitrogens with zero attached hydrogens (tertiary/aromatic N) is 2. The molecule has 1 saturated heterocycles. The minimum absolute atomic E-state index is 0.0543. The van der Waals surface area contributed by atoms with E-state index in [0.717, 1.165) is 44.5 Å². The van der Waals surface area contributed by atoms with E-state index in [1.54, 1.807) is 7.05 Å². The van der Waals surface area contributed by atoms with Crippen molar-refractivity contribution in [2.75, 3.05) is 20.1 Å². The molecule has 0 bridgehead atoms. The van der Waals surface area contributed by atoms with Gasteiger partial charge in [-0.25, -0.2) is 0 Å². The van der Waals surface area contributed by atoms with E-state index in [1.807, 2.05) is 23.0 Å². The Morgan fingerprint density at radius 2 is 1.92 bits per heavy atom. The largest absolute Gasteiger partial charge is 0.495 e. The van der Waals surface area contributed by atoms with Crippen molar-refractivity contribution in [3.8, 4) is 0 Å². The first-order chi connectivity index (χ1) is 12.4. The van der Waals surface area contributed by atoms with E-state index in [2.05, 4.69) is 43.1 Å². The van der Waals surface area contributed by atoms with Gasteiger partial charge >= 0.3 is 0 Å². The van der Waals surface area contributed by atoms with E-state index < -0.39 is 0 Å². The van der Waals surface area contributed by atoms with Crippen molar-refractivity contribution in [1.29, 1.82) is 0 Å². The summed E-state index contributed by atoms with van der Waals surface area (Å²) < 4.78 is 8.28. The van der Waals surface area contributed by atoms with Crippen LogP contribution in [-0.4, -0.2) is 47.2 Å². The van der Waals surface area contributed by atoms with Crippen LogP contribution in [0.4, 0.5) is 0 Å². The van der Waals surface area contributed by atoms with Crippen LogP contribution in [0.1, 0.15) is 56.8 Å². The third-order valence-electron chi connectivity index (χ3n) is 5.31. The molecule has 1 aromatic heterocycles. The average Bonchev–Trinajstić information content (AvgIpc) is 3.11.